The molecule has 2 N–H and O–H groups in total. The number of morpholine rings is 1. The van der Waals surface area contributed by atoms with Crippen LogP contribution in [-0.2, 0) is 9.53 Å². The minimum atomic E-state index is -0.0834. The summed E-state index contributed by atoms with van der Waals surface area (Å²) in [6, 6.07) is 17.8. The average molecular weight is 422 g/mol. The lowest BCUT2D eigenvalue weighted by molar-refractivity contribution is -0.114. The van der Waals surface area contributed by atoms with Crippen LogP contribution in [0.1, 0.15) is 6.92 Å². The van der Waals surface area contributed by atoms with E-state index in [9.17, 15) is 4.79 Å². The fourth-order valence-corrected chi connectivity index (χ4v) is 3.87. The standard InChI is InChI=1S/C22H23N5O2S/c1-16(28)24-17-4-8-20(9-5-17)30-21-10-11-23-22(26-21)25-18-2-6-19(7-3-18)27-12-14-29-15-13-27/h2-11H,12-15H2,1H3,(H,24,28)(H,23,25,26). The maximum Gasteiger partial charge on any atom is 0.228 e. The molecule has 1 amide bonds. The molecule has 4 rings (SSSR count). The SMILES string of the molecule is CC(=O)Nc1ccc(Sc2ccnc(Nc3ccc(N4CCOCC4)cc3)n2)cc1. The molecule has 1 fully saturated rings. The number of hydrogen-bond acceptors (Lipinski definition) is 7. The van der Waals surface area contributed by atoms with Gasteiger partial charge in [0, 0.05) is 48.2 Å². The number of carbonyl (C=O) groups is 1. The second-order valence-corrected chi connectivity index (χ2v) is 7.89. The van der Waals surface area contributed by atoms with Crippen LogP contribution in [0.4, 0.5) is 23.0 Å². The van der Waals surface area contributed by atoms with Gasteiger partial charge >= 0.3 is 0 Å². The Kier molecular flexibility index (Phi) is 6.46. The summed E-state index contributed by atoms with van der Waals surface area (Å²) in [7, 11) is 0. The van der Waals surface area contributed by atoms with Gasteiger partial charge in [-0.3, -0.25) is 4.79 Å². The zero-order chi connectivity index (χ0) is 20.8. The fraction of sp³-hybridized carbons (Fsp3) is 0.227. The lowest BCUT2D eigenvalue weighted by Crippen LogP contribution is -2.36. The highest BCUT2D eigenvalue weighted by Crippen LogP contribution is 2.28. The lowest BCUT2D eigenvalue weighted by Gasteiger charge is -2.28. The normalized spacial score (nSPS) is 13.7. The zero-order valence-corrected chi connectivity index (χ0v) is 17.5. The Morgan fingerprint density at radius 3 is 2.40 bits per heavy atom. The molecule has 0 unspecified atom stereocenters. The first-order chi connectivity index (χ1) is 14.7. The first-order valence-electron chi connectivity index (χ1n) is 9.74. The van der Waals surface area contributed by atoms with Gasteiger partial charge in [0.2, 0.25) is 11.9 Å². The molecule has 1 saturated heterocycles. The Balaban J connectivity index is 1.39. The van der Waals surface area contributed by atoms with Crippen molar-refractivity contribution < 1.29 is 9.53 Å². The van der Waals surface area contributed by atoms with Crippen molar-refractivity contribution in [1.29, 1.82) is 0 Å². The first-order valence-corrected chi connectivity index (χ1v) is 10.6. The van der Waals surface area contributed by atoms with Gasteiger partial charge in [0.15, 0.2) is 0 Å². The largest absolute Gasteiger partial charge is 0.378 e. The number of ether oxygens (including phenoxy) is 1. The number of aromatic nitrogens is 2. The van der Waals surface area contributed by atoms with Gasteiger partial charge in [-0.1, -0.05) is 11.8 Å². The number of carbonyl (C=O) groups excluding carboxylic acids is 1. The third-order valence-corrected chi connectivity index (χ3v) is 5.47. The van der Waals surface area contributed by atoms with Gasteiger partial charge < -0.3 is 20.3 Å². The minimum Gasteiger partial charge on any atom is -0.378 e. The van der Waals surface area contributed by atoms with Crippen LogP contribution in [-0.4, -0.2) is 42.2 Å². The van der Waals surface area contributed by atoms with E-state index >= 15 is 0 Å². The van der Waals surface area contributed by atoms with Crippen LogP contribution in [0, 0.1) is 0 Å². The summed E-state index contributed by atoms with van der Waals surface area (Å²) in [5.41, 5.74) is 2.91. The maximum absolute atomic E-state index is 11.1. The smallest absolute Gasteiger partial charge is 0.228 e. The molecule has 1 aliphatic rings. The molecular formula is C22H23N5O2S. The number of anilines is 4. The van der Waals surface area contributed by atoms with Crippen molar-refractivity contribution in [3.8, 4) is 0 Å². The monoisotopic (exact) mass is 421 g/mol. The van der Waals surface area contributed by atoms with Crippen LogP contribution in [0.3, 0.4) is 0 Å². The highest BCUT2D eigenvalue weighted by molar-refractivity contribution is 7.99. The predicted octanol–water partition coefficient (Wildman–Crippen LogP) is 4.17. The molecule has 0 radical (unpaired) electrons. The van der Waals surface area contributed by atoms with Crippen molar-refractivity contribution in [2.24, 2.45) is 0 Å². The molecule has 8 heteroatoms. The molecule has 7 nitrogen and oxygen atoms in total. The lowest BCUT2D eigenvalue weighted by atomic mass is 10.2. The Bertz CT molecular complexity index is 989. The van der Waals surface area contributed by atoms with Gasteiger partial charge in [0.1, 0.15) is 5.03 Å². The van der Waals surface area contributed by atoms with E-state index in [1.807, 2.05) is 42.5 Å². The third-order valence-electron chi connectivity index (χ3n) is 4.53. The van der Waals surface area contributed by atoms with E-state index in [2.05, 4.69) is 37.6 Å². The third kappa shape index (κ3) is 5.49. The fourth-order valence-electron chi connectivity index (χ4n) is 3.10. The number of nitrogens with one attached hydrogen (secondary N) is 2. The number of benzene rings is 2. The van der Waals surface area contributed by atoms with Crippen LogP contribution < -0.4 is 15.5 Å². The number of nitrogens with zero attached hydrogens (tertiary/aromatic N) is 3. The molecule has 154 valence electrons. The number of rotatable bonds is 6. The average Bonchev–Trinajstić information content (AvgIpc) is 2.76. The molecule has 0 bridgehead atoms. The molecule has 2 aromatic carbocycles. The first kappa shape index (κ1) is 20.2. The van der Waals surface area contributed by atoms with E-state index < -0.39 is 0 Å². The molecule has 0 atom stereocenters. The van der Waals surface area contributed by atoms with E-state index in [0.29, 0.717) is 5.95 Å². The summed E-state index contributed by atoms with van der Waals surface area (Å²) in [6.45, 7) is 4.87. The van der Waals surface area contributed by atoms with Gasteiger partial charge in [-0.25, -0.2) is 9.97 Å². The van der Waals surface area contributed by atoms with Crippen LogP contribution in [0.2, 0.25) is 0 Å². The number of amides is 1. The second-order valence-electron chi connectivity index (χ2n) is 6.80. The van der Waals surface area contributed by atoms with E-state index in [4.69, 9.17) is 4.74 Å². The molecule has 0 saturated carbocycles. The molecule has 2 heterocycles. The van der Waals surface area contributed by atoms with Crippen molar-refractivity contribution in [2.75, 3.05) is 41.8 Å². The Morgan fingerprint density at radius 1 is 1.00 bits per heavy atom. The highest BCUT2D eigenvalue weighted by atomic mass is 32.2. The summed E-state index contributed by atoms with van der Waals surface area (Å²) in [6.07, 6.45) is 1.74. The maximum atomic E-state index is 11.1. The van der Waals surface area contributed by atoms with Crippen molar-refractivity contribution >= 4 is 40.7 Å². The Morgan fingerprint density at radius 2 is 1.70 bits per heavy atom. The van der Waals surface area contributed by atoms with E-state index in [1.165, 1.54) is 24.4 Å². The quantitative estimate of drug-likeness (QED) is 0.579. The summed E-state index contributed by atoms with van der Waals surface area (Å²) in [5.74, 6) is 0.467. The minimum absolute atomic E-state index is 0.0834. The van der Waals surface area contributed by atoms with Gasteiger partial charge in [-0.15, -0.1) is 0 Å². The summed E-state index contributed by atoms with van der Waals surface area (Å²) >= 11 is 1.54. The van der Waals surface area contributed by atoms with Crippen LogP contribution in [0.25, 0.3) is 0 Å². The number of hydrogen-bond donors (Lipinski definition) is 2. The summed E-state index contributed by atoms with van der Waals surface area (Å²) in [5, 5.41) is 6.87. The zero-order valence-electron chi connectivity index (χ0n) is 16.7. The van der Waals surface area contributed by atoms with Crippen LogP contribution in [0.5, 0.6) is 0 Å². The molecular weight excluding hydrogens is 398 g/mol. The van der Waals surface area contributed by atoms with Crippen LogP contribution >= 0.6 is 11.8 Å². The molecule has 0 aliphatic carbocycles. The van der Waals surface area contributed by atoms with Crippen molar-refractivity contribution in [3.63, 3.8) is 0 Å². The highest BCUT2D eigenvalue weighted by Gasteiger charge is 2.11. The van der Waals surface area contributed by atoms with E-state index in [1.54, 1.807) is 6.20 Å². The molecule has 0 spiro atoms. The van der Waals surface area contributed by atoms with Gasteiger partial charge in [0.05, 0.1) is 13.2 Å². The summed E-state index contributed by atoms with van der Waals surface area (Å²) in [4.78, 5) is 23.4. The second kappa shape index (κ2) is 9.60. The van der Waals surface area contributed by atoms with Crippen molar-refractivity contribution in [3.05, 3.63) is 60.8 Å². The molecule has 1 aliphatic heterocycles. The van der Waals surface area contributed by atoms with E-state index in [0.717, 1.165) is 47.6 Å². The van der Waals surface area contributed by atoms with Gasteiger partial charge in [0.25, 0.3) is 0 Å². The Hall–Kier alpha value is -3.10. The molecule has 1 aromatic heterocycles. The topological polar surface area (TPSA) is 79.4 Å². The van der Waals surface area contributed by atoms with Gasteiger partial charge in [-0.2, -0.15) is 0 Å². The van der Waals surface area contributed by atoms with Crippen molar-refractivity contribution in [2.45, 2.75) is 16.8 Å². The van der Waals surface area contributed by atoms with Gasteiger partial charge in [-0.05, 0) is 54.6 Å². The molecule has 30 heavy (non-hydrogen) atoms. The Labute approximate surface area is 179 Å². The van der Waals surface area contributed by atoms with E-state index in [-0.39, 0.29) is 5.91 Å². The van der Waals surface area contributed by atoms with Crippen molar-refractivity contribution in [1.82, 2.24) is 9.97 Å². The summed E-state index contributed by atoms with van der Waals surface area (Å²) < 4.78 is 5.41. The predicted molar refractivity (Wildman–Crippen MR) is 120 cm³/mol. The van der Waals surface area contributed by atoms with Crippen LogP contribution in [0.15, 0.2) is 70.7 Å². The molecule has 3 aromatic rings.